The predicted octanol–water partition coefficient (Wildman–Crippen LogP) is 8.44. The number of anilines is 1. The highest BCUT2D eigenvalue weighted by Crippen LogP contribution is 2.26. The predicted molar refractivity (Wildman–Crippen MR) is 169 cm³/mol. The van der Waals surface area contributed by atoms with Gasteiger partial charge in [0.1, 0.15) is 29.7 Å². The van der Waals surface area contributed by atoms with Crippen LogP contribution in [0.25, 0.3) is 0 Å². The lowest BCUT2D eigenvalue weighted by molar-refractivity contribution is -0.153. The zero-order valence-electron chi connectivity index (χ0n) is 26.1. The largest absolute Gasteiger partial charge is 0.492 e. The van der Waals surface area contributed by atoms with Crippen molar-refractivity contribution in [2.45, 2.75) is 77.7 Å². The third-order valence-electron chi connectivity index (χ3n) is 7.43. The molecule has 3 aromatic rings. The van der Waals surface area contributed by atoms with Crippen LogP contribution >= 0.6 is 0 Å². The van der Waals surface area contributed by atoms with Gasteiger partial charge in [-0.2, -0.15) is 0 Å². The molecule has 0 aromatic heterocycles. The van der Waals surface area contributed by atoms with Crippen LogP contribution in [0.2, 0.25) is 0 Å². The van der Waals surface area contributed by atoms with E-state index in [1.807, 2.05) is 12.1 Å². The van der Waals surface area contributed by atoms with E-state index in [0.29, 0.717) is 24.0 Å². The number of benzene rings is 3. The molecule has 0 fully saturated rings. The molecule has 44 heavy (non-hydrogen) atoms. The highest BCUT2D eigenvalue weighted by Gasteiger charge is 2.36. The number of nitrogens with one attached hydrogen (secondary N) is 1. The fraction of sp³-hybridized carbons (Fsp3) is 0.429. The zero-order valence-corrected chi connectivity index (χ0v) is 26.1. The van der Waals surface area contributed by atoms with Gasteiger partial charge in [0.15, 0.2) is 0 Å². The first-order valence-electron chi connectivity index (χ1n) is 15.3. The monoisotopic (exact) mass is 610 g/mol. The molecule has 0 aliphatic carbocycles. The lowest BCUT2D eigenvalue weighted by Gasteiger charge is -2.27. The summed E-state index contributed by atoms with van der Waals surface area (Å²) < 4.78 is 39.2. The average Bonchev–Trinajstić information content (AvgIpc) is 2.98. The van der Waals surface area contributed by atoms with Crippen LogP contribution in [0.3, 0.4) is 0 Å². The van der Waals surface area contributed by atoms with E-state index in [9.17, 15) is 23.5 Å². The van der Waals surface area contributed by atoms with E-state index in [1.54, 1.807) is 48.2 Å². The molecule has 0 spiro atoms. The van der Waals surface area contributed by atoms with Gasteiger partial charge in [0.05, 0.1) is 12.2 Å². The fourth-order valence-corrected chi connectivity index (χ4v) is 4.71. The van der Waals surface area contributed by atoms with Gasteiger partial charge >= 0.3 is 12.0 Å². The number of unbranched alkanes of at least 4 members (excludes halogenated alkanes) is 4. The molecule has 3 aromatic carbocycles. The van der Waals surface area contributed by atoms with Gasteiger partial charge in [0.2, 0.25) is 5.60 Å². The molecule has 0 saturated carbocycles. The Morgan fingerprint density at radius 1 is 0.909 bits per heavy atom. The number of carboxylic acid groups (broad SMARTS) is 1. The van der Waals surface area contributed by atoms with Crippen molar-refractivity contribution in [1.82, 2.24) is 4.90 Å². The highest BCUT2D eigenvalue weighted by atomic mass is 19.1. The molecule has 2 amide bonds. The van der Waals surface area contributed by atoms with Crippen molar-refractivity contribution in [3.05, 3.63) is 89.5 Å². The number of carboxylic acids is 1. The topological polar surface area (TPSA) is 88.1 Å². The number of aliphatic carboxylic acids is 1. The normalized spacial score (nSPS) is 12.4. The molecular weight excluding hydrogens is 566 g/mol. The standard InChI is InChI=1S/C35H44F2N2O5/c1-5-6-7-8-9-20-39(34(42)38-32-19-14-28(36)23-31(32)37)21-22-43-29-15-10-26(11-16-29)24-35(4,33(40)41)44-30-17-12-27(13-18-30)25(2)3/h10-19,23,25H,5-9,20-22,24H2,1-4H3,(H,38,42)(H,40,41). The number of amides is 2. The number of rotatable bonds is 17. The van der Waals surface area contributed by atoms with Crippen molar-refractivity contribution in [1.29, 1.82) is 0 Å². The van der Waals surface area contributed by atoms with E-state index in [1.165, 1.54) is 6.07 Å². The molecule has 0 radical (unpaired) electrons. The summed E-state index contributed by atoms with van der Waals surface area (Å²) in [6.45, 7) is 8.77. The molecule has 0 heterocycles. The molecular formula is C35H44F2N2O5. The van der Waals surface area contributed by atoms with Crippen LogP contribution < -0.4 is 14.8 Å². The Balaban J connectivity index is 1.58. The minimum absolute atomic E-state index is 0.0891. The number of carbonyl (C=O) groups excluding carboxylic acids is 1. The second kappa shape index (κ2) is 16.6. The van der Waals surface area contributed by atoms with Crippen LogP contribution in [0, 0.1) is 11.6 Å². The van der Waals surface area contributed by atoms with Crippen LogP contribution in [-0.4, -0.2) is 47.3 Å². The number of hydrogen-bond donors (Lipinski definition) is 2. The maximum absolute atomic E-state index is 14.1. The van der Waals surface area contributed by atoms with Gasteiger partial charge in [-0.1, -0.05) is 70.7 Å². The van der Waals surface area contributed by atoms with Crippen LogP contribution in [0.15, 0.2) is 66.7 Å². The van der Waals surface area contributed by atoms with Crippen molar-refractivity contribution in [3.8, 4) is 11.5 Å². The van der Waals surface area contributed by atoms with Gasteiger partial charge in [-0.05, 0) is 66.8 Å². The van der Waals surface area contributed by atoms with Gasteiger partial charge < -0.3 is 24.8 Å². The first-order chi connectivity index (χ1) is 21.0. The molecule has 9 heteroatoms. The van der Waals surface area contributed by atoms with Gasteiger partial charge in [-0.15, -0.1) is 0 Å². The summed E-state index contributed by atoms with van der Waals surface area (Å²) in [5, 5.41) is 12.5. The van der Waals surface area contributed by atoms with Crippen LogP contribution in [0.4, 0.5) is 19.3 Å². The van der Waals surface area contributed by atoms with E-state index < -0.39 is 29.2 Å². The number of urea groups is 1. The Labute approximate surface area is 259 Å². The first-order valence-corrected chi connectivity index (χ1v) is 15.3. The maximum atomic E-state index is 14.1. The Kier molecular flexibility index (Phi) is 13.0. The molecule has 238 valence electrons. The van der Waals surface area contributed by atoms with E-state index in [0.717, 1.165) is 55.4 Å². The zero-order chi connectivity index (χ0) is 32.1. The van der Waals surface area contributed by atoms with E-state index in [-0.39, 0.29) is 25.3 Å². The summed E-state index contributed by atoms with van der Waals surface area (Å²) in [4.78, 5) is 26.7. The molecule has 0 bridgehead atoms. The van der Waals surface area contributed by atoms with Crippen LogP contribution in [-0.2, 0) is 11.2 Å². The van der Waals surface area contributed by atoms with Crippen molar-refractivity contribution in [3.63, 3.8) is 0 Å². The molecule has 3 rings (SSSR count). The van der Waals surface area contributed by atoms with Crippen molar-refractivity contribution >= 4 is 17.7 Å². The minimum Gasteiger partial charge on any atom is -0.492 e. The fourth-order valence-electron chi connectivity index (χ4n) is 4.71. The highest BCUT2D eigenvalue weighted by molar-refractivity contribution is 5.89. The summed E-state index contributed by atoms with van der Waals surface area (Å²) in [5.41, 5.74) is 0.336. The molecule has 0 saturated heterocycles. The quantitative estimate of drug-likeness (QED) is 0.150. The smallest absolute Gasteiger partial charge is 0.348 e. The molecule has 1 atom stereocenters. The lowest BCUT2D eigenvalue weighted by Crippen LogP contribution is -2.43. The van der Waals surface area contributed by atoms with Crippen molar-refractivity contribution in [2.75, 3.05) is 25.0 Å². The van der Waals surface area contributed by atoms with Crippen LogP contribution in [0.1, 0.15) is 76.8 Å². The van der Waals surface area contributed by atoms with E-state index >= 15 is 0 Å². The maximum Gasteiger partial charge on any atom is 0.348 e. The van der Waals surface area contributed by atoms with Crippen molar-refractivity contribution in [2.24, 2.45) is 0 Å². The number of carbonyl (C=O) groups is 2. The molecule has 1 unspecified atom stereocenters. The SMILES string of the molecule is CCCCCCCN(CCOc1ccc(CC(C)(Oc2ccc(C(C)C)cc2)C(=O)O)cc1)C(=O)Nc1ccc(F)cc1F. The Morgan fingerprint density at radius 2 is 1.57 bits per heavy atom. The number of hydrogen-bond acceptors (Lipinski definition) is 4. The number of halogens is 2. The summed E-state index contributed by atoms with van der Waals surface area (Å²) in [6.07, 6.45) is 5.19. The van der Waals surface area contributed by atoms with Gasteiger partial charge in [0.25, 0.3) is 0 Å². The Morgan fingerprint density at radius 3 is 2.18 bits per heavy atom. The Hall–Kier alpha value is -4.14. The Bertz CT molecular complexity index is 1350. The summed E-state index contributed by atoms with van der Waals surface area (Å²) in [6, 6.07) is 17.1. The van der Waals surface area contributed by atoms with Crippen LogP contribution in [0.5, 0.6) is 11.5 Å². The molecule has 0 aliphatic heterocycles. The summed E-state index contributed by atoms with van der Waals surface area (Å²) in [5.74, 6) is -1.23. The number of nitrogens with zero attached hydrogens (tertiary/aromatic N) is 1. The van der Waals surface area contributed by atoms with E-state index in [2.05, 4.69) is 26.1 Å². The van der Waals surface area contributed by atoms with Gasteiger partial charge in [-0.25, -0.2) is 18.4 Å². The third-order valence-corrected chi connectivity index (χ3v) is 7.43. The van der Waals surface area contributed by atoms with Gasteiger partial charge in [-0.3, -0.25) is 0 Å². The van der Waals surface area contributed by atoms with Crippen molar-refractivity contribution < 1.29 is 33.0 Å². The molecule has 7 nitrogen and oxygen atoms in total. The van der Waals surface area contributed by atoms with E-state index in [4.69, 9.17) is 9.47 Å². The second-order valence-electron chi connectivity index (χ2n) is 11.5. The van der Waals surface area contributed by atoms with Gasteiger partial charge in [0, 0.05) is 19.0 Å². The average molecular weight is 611 g/mol. The summed E-state index contributed by atoms with van der Waals surface area (Å²) >= 11 is 0. The minimum atomic E-state index is -1.48. The molecule has 2 N–H and O–H groups in total. The lowest BCUT2D eigenvalue weighted by atomic mass is 9.96. The number of ether oxygens (including phenoxy) is 2. The molecule has 0 aliphatic rings. The summed E-state index contributed by atoms with van der Waals surface area (Å²) in [7, 11) is 0. The third kappa shape index (κ3) is 10.5. The first kappa shape index (κ1) is 34.4. The second-order valence-corrected chi connectivity index (χ2v) is 11.5.